The first-order valence-electron chi connectivity index (χ1n) is 6.74. The van der Waals surface area contributed by atoms with Crippen molar-refractivity contribution in [2.24, 2.45) is 0 Å². The van der Waals surface area contributed by atoms with Crippen LogP contribution in [0, 0.1) is 0 Å². The molecule has 0 fully saturated rings. The summed E-state index contributed by atoms with van der Waals surface area (Å²) < 4.78 is 11.3. The molecule has 2 N–H and O–H groups in total. The van der Waals surface area contributed by atoms with E-state index in [1.54, 1.807) is 36.6 Å². The largest absolute Gasteiger partial charge is 0.367 e. The summed E-state index contributed by atoms with van der Waals surface area (Å²) in [5.41, 5.74) is 0.516. The van der Waals surface area contributed by atoms with Crippen molar-refractivity contribution in [1.29, 1.82) is 0 Å². The van der Waals surface area contributed by atoms with Gasteiger partial charge in [-0.3, -0.25) is 9.00 Å². The summed E-state index contributed by atoms with van der Waals surface area (Å²) in [7, 11) is -1.05. The van der Waals surface area contributed by atoms with E-state index in [0.29, 0.717) is 39.4 Å². The lowest BCUT2D eigenvalue weighted by Crippen LogP contribution is -2.28. The van der Waals surface area contributed by atoms with E-state index in [0.717, 1.165) is 0 Å². The van der Waals surface area contributed by atoms with Gasteiger partial charge in [-0.2, -0.15) is 0 Å². The topological polar surface area (TPSA) is 71.1 Å². The number of nitrogens with one attached hydrogen (secondary N) is 2. The fourth-order valence-corrected chi connectivity index (χ4v) is 2.77. The second-order valence-electron chi connectivity index (χ2n) is 4.65. The highest BCUT2D eigenvalue weighted by Crippen LogP contribution is 2.21. The number of carbonyl (C=O) groups is 1. The predicted octanol–water partition coefficient (Wildman–Crippen LogP) is 2.97. The number of benzene rings is 1. The molecule has 2 aromatic rings. The average Bonchev–Trinajstić information content (AvgIpc) is 2.53. The van der Waals surface area contributed by atoms with Crippen LogP contribution in [0.1, 0.15) is 10.4 Å². The van der Waals surface area contributed by atoms with Gasteiger partial charge in [-0.15, -0.1) is 0 Å². The maximum absolute atomic E-state index is 12.0. The second-order valence-corrected chi connectivity index (χ2v) is 6.87. The Morgan fingerprint density at radius 3 is 2.52 bits per heavy atom. The van der Waals surface area contributed by atoms with E-state index in [-0.39, 0.29) is 5.91 Å². The number of amides is 1. The second kappa shape index (κ2) is 8.29. The summed E-state index contributed by atoms with van der Waals surface area (Å²) in [5, 5.41) is 6.68. The van der Waals surface area contributed by atoms with Gasteiger partial charge in [-0.05, 0) is 30.3 Å². The summed E-state index contributed by atoms with van der Waals surface area (Å²) in [6, 6.07) is 8.26. The van der Waals surface area contributed by atoms with Crippen molar-refractivity contribution >= 4 is 45.7 Å². The van der Waals surface area contributed by atoms with Crippen molar-refractivity contribution in [3.63, 3.8) is 0 Å². The Kier molecular flexibility index (Phi) is 6.38. The van der Waals surface area contributed by atoms with Gasteiger partial charge in [0.2, 0.25) is 0 Å². The molecular formula is C15H15Cl2N3O2S. The van der Waals surface area contributed by atoms with Crippen LogP contribution in [-0.2, 0) is 10.8 Å². The highest BCUT2D eigenvalue weighted by molar-refractivity contribution is 7.84. The summed E-state index contributed by atoms with van der Waals surface area (Å²) in [4.78, 5) is 16.7. The quantitative estimate of drug-likeness (QED) is 0.765. The monoisotopic (exact) mass is 371 g/mol. The third-order valence-electron chi connectivity index (χ3n) is 2.96. The van der Waals surface area contributed by atoms with Gasteiger partial charge < -0.3 is 10.6 Å². The molecule has 8 heteroatoms. The Labute approximate surface area is 146 Å². The van der Waals surface area contributed by atoms with Crippen LogP contribution in [0.25, 0.3) is 0 Å². The molecule has 1 heterocycles. The first-order chi connectivity index (χ1) is 11.0. The molecule has 2 rings (SSSR count). The number of aromatic nitrogens is 1. The predicted molar refractivity (Wildman–Crippen MR) is 93.9 cm³/mol. The van der Waals surface area contributed by atoms with E-state index in [9.17, 15) is 9.00 Å². The van der Waals surface area contributed by atoms with Gasteiger partial charge in [-0.25, -0.2) is 4.98 Å². The molecule has 1 aromatic carbocycles. The molecule has 0 aliphatic rings. The Balaban J connectivity index is 1.81. The lowest BCUT2D eigenvalue weighted by atomic mass is 10.2. The number of nitrogens with zero attached hydrogens (tertiary/aromatic N) is 1. The third-order valence-corrected chi connectivity index (χ3v) is 4.39. The summed E-state index contributed by atoms with van der Waals surface area (Å²) >= 11 is 11.8. The first kappa shape index (κ1) is 17.7. The van der Waals surface area contributed by atoms with Gasteiger partial charge in [0.25, 0.3) is 5.91 Å². The number of carbonyl (C=O) groups excluding carboxylic acids is 1. The zero-order chi connectivity index (χ0) is 16.8. The molecule has 0 unspecified atom stereocenters. The number of hydrogen-bond donors (Lipinski definition) is 2. The van der Waals surface area contributed by atoms with Gasteiger partial charge in [0, 0.05) is 46.8 Å². The van der Waals surface area contributed by atoms with Crippen molar-refractivity contribution in [2.45, 2.75) is 4.90 Å². The maximum atomic E-state index is 12.0. The lowest BCUT2D eigenvalue weighted by molar-refractivity contribution is 0.0955. The van der Waals surface area contributed by atoms with Crippen LogP contribution in [0.15, 0.2) is 41.4 Å². The molecule has 1 aromatic heterocycles. The number of hydrogen-bond acceptors (Lipinski definition) is 4. The zero-order valence-electron chi connectivity index (χ0n) is 12.3. The van der Waals surface area contributed by atoms with E-state index in [1.165, 1.54) is 6.20 Å². The summed E-state index contributed by atoms with van der Waals surface area (Å²) in [6.45, 7) is 0.873. The molecule has 122 valence electrons. The average molecular weight is 372 g/mol. The van der Waals surface area contributed by atoms with Crippen molar-refractivity contribution in [3.8, 4) is 0 Å². The van der Waals surface area contributed by atoms with E-state index < -0.39 is 10.8 Å². The van der Waals surface area contributed by atoms with Crippen molar-refractivity contribution in [2.75, 3.05) is 24.7 Å². The van der Waals surface area contributed by atoms with E-state index in [4.69, 9.17) is 23.2 Å². The van der Waals surface area contributed by atoms with Crippen LogP contribution in [0.4, 0.5) is 5.82 Å². The molecule has 0 bridgehead atoms. The Hall–Kier alpha value is -1.63. The van der Waals surface area contributed by atoms with Crippen molar-refractivity contribution in [3.05, 3.63) is 52.1 Å². The number of rotatable bonds is 6. The first-order valence-corrected chi connectivity index (χ1v) is 9.05. The van der Waals surface area contributed by atoms with Crippen LogP contribution in [0.2, 0.25) is 10.0 Å². The van der Waals surface area contributed by atoms with Gasteiger partial charge in [0.15, 0.2) is 0 Å². The molecular weight excluding hydrogens is 357 g/mol. The standard InChI is InChI=1S/C15H15Cl2N3O2S/c1-23(22)12-4-2-10(3-5-12)15(21)19-7-6-18-14-13(17)8-11(16)9-20-14/h2-5,8-9H,6-7H2,1H3,(H,18,20)(H,19,21)/t23-/m0/s1. The van der Waals surface area contributed by atoms with Crippen LogP contribution in [0.5, 0.6) is 0 Å². The fraction of sp³-hybridized carbons (Fsp3) is 0.200. The Morgan fingerprint density at radius 1 is 1.22 bits per heavy atom. The van der Waals surface area contributed by atoms with E-state index in [2.05, 4.69) is 15.6 Å². The maximum Gasteiger partial charge on any atom is 0.251 e. The van der Waals surface area contributed by atoms with Crippen LogP contribution in [0.3, 0.4) is 0 Å². The number of halogens is 2. The van der Waals surface area contributed by atoms with Crippen LogP contribution < -0.4 is 10.6 Å². The minimum absolute atomic E-state index is 0.199. The molecule has 0 radical (unpaired) electrons. The highest BCUT2D eigenvalue weighted by Gasteiger charge is 2.06. The van der Waals surface area contributed by atoms with Crippen LogP contribution in [-0.4, -0.2) is 34.4 Å². The SMILES string of the molecule is C[S@](=O)c1ccc(C(=O)NCCNc2ncc(Cl)cc2Cl)cc1. The summed E-state index contributed by atoms with van der Waals surface area (Å²) in [5.74, 6) is 0.315. The molecule has 0 saturated heterocycles. The van der Waals surface area contributed by atoms with E-state index >= 15 is 0 Å². The van der Waals surface area contributed by atoms with Gasteiger partial charge in [-0.1, -0.05) is 23.2 Å². The number of pyridine rings is 1. The van der Waals surface area contributed by atoms with Gasteiger partial charge >= 0.3 is 0 Å². The molecule has 0 saturated carbocycles. The highest BCUT2D eigenvalue weighted by atomic mass is 35.5. The van der Waals surface area contributed by atoms with Crippen molar-refractivity contribution in [1.82, 2.24) is 10.3 Å². The van der Waals surface area contributed by atoms with Gasteiger partial charge in [0.1, 0.15) is 5.82 Å². The molecule has 5 nitrogen and oxygen atoms in total. The van der Waals surface area contributed by atoms with Crippen LogP contribution >= 0.6 is 23.2 Å². The minimum Gasteiger partial charge on any atom is -0.367 e. The molecule has 0 aliphatic carbocycles. The molecule has 0 aliphatic heterocycles. The lowest BCUT2D eigenvalue weighted by Gasteiger charge is -2.09. The molecule has 1 atom stereocenters. The van der Waals surface area contributed by atoms with Gasteiger partial charge in [0.05, 0.1) is 10.0 Å². The summed E-state index contributed by atoms with van der Waals surface area (Å²) in [6.07, 6.45) is 3.09. The molecule has 23 heavy (non-hydrogen) atoms. The Bertz CT molecular complexity index is 723. The Morgan fingerprint density at radius 2 is 1.91 bits per heavy atom. The normalized spacial score (nSPS) is 11.8. The smallest absolute Gasteiger partial charge is 0.251 e. The fourth-order valence-electron chi connectivity index (χ4n) is 1.80. The zero-order valence-corrected chi connectivity index (χ0v) is 14.6. The minimum atomic E-state index is -1.05. The van der Waals surface area contributed by atoms with E-state index in [1.807, 2.05) is 0 Å². The number of anilines is 1. The third kappa shape index (κ3) is 5.20. The van der Waals surface area contributed by atoms with Crippen molar-refractivity contribution < 1.29 is 9.00 Å². The molecule has 1 amide bonds. The molecule has 0 spiro atoms.